The third-order valence-electron chi connectivity index (χ3n) is 0.204. The average molecular weight is 136 g/mol. The molecule has 0 radical (unpaired) electrons. The second-order valence-electron chi connectivity index (χ2n) is 2.29. The Labute approximate surface area is 74.7 Å². The van der Waals surface area contributed by atoms with Crippen LogP contribution in [0.15, 0.2) is 0 Å². The van der Waals surface area contributed by atoms with E-state index in [4.69, 9.17) is 6.42 Å². The summed E-state index contributed by atoms with van der Waals surface area (Å²) in [5.41, 5.74) is 0. The number of terminal acetylenes is 1. The summed E-state index contributed by atoms with van der Waals surface area (Å²) in [4.78, 5) is 0. The van der Waals surface area contributed by atoms with Gasteiger partial charge in [0.25, 0.3) is 0 Å². The Kier molecular flexibility index (Phi) is 28.3. The third-order valence-corrected chi connectivity index (χ3v) is 0.204. The van der Waals surface area contributed by atoms with Crippen molar-refractivity contribution in [2.24, 2.45) is 0 Å². The van der Waals surface area contributed by atoms with Gasteiger partial charge in [0.1, 0.15) is 0 Å². The van der Waals surface area contributed by atoms with Crippen LogP contribution >= 0.6 is 0 Å². The van der Waals surface area contributed by atoms with Crippen molar-refractivity contribution in [3.63, 3.8) is 0 Å². The molecule has 0 saturated carbocycles. The predicted molar refractivity (Wildman–Crippen MR) is 45.0 cm³/mol. The first kappa shape index (κ1) is 16.2. The van der Waals surface area contributed by atoms with Gasteiger partial charge >= 0.3 is 18.9 Å². The molecule has 0 N–H and O–H groups in total. The SMILES string of the molecule is C#CCC.C[SiH](C)C.[H-].[Li+]. The first-order chi connectivity index (χ1) is 3.65. The van der Waals surface area contributed by atoms with Crippen LogP contribution in [0.3, 0.4) is 0 Å². The molecule has 0 fully saturated rings. The summed E-state index contributed by atoms with van der Waals surface area (Å²) in [7, 11) is -0.139. The van der Waals surface area contributed by atoms with Crippen molar-refractivity contribution in [2.45, 2.75) is 33.0 Å². The Bertz CT molecular complexity index is 65.7. The average Bonchev–Trinajstić information content (AvgIpc) is 1.65. The van der Waals surface area contributed by atoms with Gasteiger partial charge in [-0.15, -0.1) is 12.3 Å². The van der Waals surface area contributed by atoms with Crippen LogP contribution in [0.5, 0.6) is 0 Å². The van der Waals surface area contributed by atoms with Crippen molar-refractivity contribution in [3.8, 4) is 12.3 Å². The molecule has 0 unspecified atom stereocenters. The maximum atomic E-state index is 4.78. The van der Waals surface area contributed by atoms with E-state index in [1.165, 1.54) is 0 Å². The molecule has 0 saturated heterocycles. The van der Waals surface area contributed by atoms with E-state index in [1.54, 1.807) is 0 Å². The largest absolute Gasteiger partial charge is 1.00 e. The van der Waals surface area contributed by atoms with Gasteiger partial charge in [-0.3, -0.25) is 0 Å². The molecule has 0 aliphatic carbocycles. The van der Waals surface area contributed by atoms with Crippen molar-refractivity contribution in [1.29, 1.82) is 0 Å². The van der Waals surface area contributed by atoms with Crippen LogP contribution in [-0.2, 0) is 0 Å². The fraction of sp³-hybridized carbons (Fsp3) is 0.714. The minimum absolute atomic E-state index is 0. The Morgan fingerprint density at radius 1 is 1.44 bits per heavy atom. The van der Waals surface area contributed by atoms with E-state index in [9.17, 15) is 0 Å². The van der Waals surface area contributed by atoms with Crippen LogP contribution < -0.4 is 18.9 Å². The topological polar surface area (TPSA) is 0 Å². The standard InChI is InChI=1S/C4H6.C3H10Si.Li.H/c1-3-4-2;1-4(2)3;;/h1H,4H2,2H3;4H,1-3H3;;/q;;+1;-1. The van der Waals surface area contributed by atoms with E-state index < -0.39 is 0 Å². The Hall–Kier alpha value is 0.374. The molecule has 2 heteroatoms. The van der Waals surface area contributed by atoms with Crippen molar-refractivity contribution in [3.05, 3.63) is 0 Å². The first-order valence-electron chi connectivity index (χ1n) is 3.08. The fourth-order valence-electron chi connectivity index (χ4n) is 0. The molecule has 0 spiro atoms. The number of rotatable bonds is 0. The van der Waals surface area contributed by atoms with E-state index in [1.807, 2.05) is 6.92 Å². The van der Waals surface area contributed by atoms with Crippen LogP contribution in [0.4, 0.5) is 0 Å². The van der Waals surface area contributed by atoms with Crippen molar-refractivity contribution < 1.29 is 20.3 Å². The van der Waals surface area contributed by atoms with Gasteiger partial charge in [0, 0.05) is 15.2 Å². The summed E-state index contributed by atoms with van der Waals surface area (Å²) >= 11 is 0. The molecule has 0 aromatic rings. The van der Waals surface area contributed by atoms with Crippen LogP contribution in [0.25, 0.3) is 0 Å². The zero-order valence-electron chi connectivity index (χ0n) is 8.36. The van der Waals surface area contributed by atoms with Crippen molar-refractivity contribution >= 4 is 8.80 Å². The van der Waals surface area contributed by atoms with Gasteiger partial charge in [0.15, 0.2) is 0 Å². The van der Waals surface area contributed by atoms with Crippen LogP contribution in [0, 0.1) is 12.3 Å². The van der Waals surface area contributed by atoms with Gasteiger partial charge in [0.05, 0.1) is 0 Å². The molecule has 0 heterocycles. The third kappa shape index (κ3) is 180. The predicted octanol–water partition coefficient (Wildman–Crippen LogP) is -0.751. The minimum atomic E-state index is -0.139. The second-order valence-corrected chi connectivity index (χ2v) is 5.75. The summed E-state index contributed by atoms with van der Waals surface area (Å²) in [6.07, 6.45) is 5.62. The zero-order chi connectivity index (χ0) is 6.99. The molecular weight excluding hydrogens is 119 g/mol. The van der Waals surface area contributed by atoms with Gasteiger partial charge in [0.2, 0.25) is 0 Å². The van der Waals surface area contributed by atoms with Crippen LogP contribution in [0.2, 0.25) is 19.6 Å². The van der Waals surface area contributed by atoms with Crippen LogP contribution in [0.1, 0.15) is 14.8 Å². The molecule has 9 heavy (non-hydrogen) atoms. The quantitative estimate of drug-likeness (QED) is 0.304. The van der Waals surface area contributed by atoms with Gasteiger partial charge in [-0.05, 0) is 0 Å². The summed E-state index contributed by atoms with van der Waals surface area (Å²) in [6, 6.07) is 0. The van der Waals surface area contributed by atoms with Crippen molar-refractivity contribution in [2.75, 3.05) is 0 Å². The molecule has 0 amide bonds. The molecule has 0 aromatic heterocycles. The van der Waals surface area contributed by atoms with E-state index in [0.717, 1.165) is 6.42 Å². The molecule has 0 aliphatic heterocycles. The Morgan fingerprint density at radius 3 is 1.56 bits per heavy atom. The molecule has 50 valence electrons. The molecule has 0 bridgehead atoms. The van der Waals surface area contributed by atoms with Gasteiger partial charge in [-0.25, -0.2) is 0 Å². The van der Waals surface area contributed by atoms with E-state index in [2.05, 4.69) is 25.6 Å². The molecule has 0 aromatic carbocycles. The van der Waals surface area contributed by atoms with Crippen LogP contribution in [-0.4, -0.2) is 8.80 Å². The fourth-order valence-corrected chi connectivity index (χ4v) is 0. The number of hydrogen-bond acceptors (Lipinski definition) is 0. The van der Waals surface area contributed by atoms with E-state index >= 15 is 0 Å². The molecule has 0 aliphatic rings. The Morgan fingerprint density at radius 2 is 1.56 bits per heavy atom. The maximum Gasteiger partial charge on any atom is 1.00 e. The summed E-state index contributed by atoms with van der Waals surface area (Å²) in [5, 5.41) is 0. The van der Waals surface area contributed by atoms with Crippen molar-refractivity contribution in [1.82, 2.24) is 0 Å². The molecule has 0 atom stereocenters. The number of hydrogen-bond donors (Lipinski definition) is 0. The molecule has 0 nitrogen and oxygen atoms in total. The molecule has 0 rings (SSSR count). The Balaban J connectivity index is -0.0000000300. The summed E-state index contributed by atoms with van der Waals surface area (Å²) in [5.74, 6) is 2.43. The van der Waals surface area contributed by atoms with E-state index in [0.29, 0.717) is 0 Å². The second kappa shape index (κ2) is 15.8. The molecular formula is C7H17LiSi. The maximum absolute atomic E-state index is 4.78. The van der Waals surface area contributed by atoms with Gasteiger partial charge < -0.3 is 1.43 Å². The summed E-state index contributed by atoms with van der Waals surface area (Å²) in [6.45, 7) is 8.86. The minimum Gasteiger partial charge on any atom is -1.00 e. The zero-order valence-corrected chi connectivity index (χ0v) is 8.52. The summed E-state index contributed by atoms with van der Waals surface area (Å²) < 4.78 is 0. The van der Waals surface area contributed by atoms with Gasteiger partial charge in [-0.2, -0.15) is 0 Å². The monoisotopic (exact) mass is 136 g/mol. The normalized spacial score (nSPS) is 6.22. The van der Waals surface area contributed by atoms with E-state index in [-0.39, 0.29) is 29.1 Å². The smallest absolute Gasteiger partial charge is 1.00 e. The first-order valence-corrected chi connectivity index (χ1v) is 6.55. The van der Waals surface area contributed by atoms with Gasteiger partial charge in [-0.1, -0.05) is 26.6 Å².